The molecular formula is C23H21NO3. The van der Waals surface area contributed by atoms with Crippen LogP contribution in [0.2, 0.25) is 0 Å². The summed E-state index contributed by atoms with van der Waals surface area (Å²) >= 11 is 0. The number of aliphatic carboxylic acids is 1. The van der Waals surface area contributed by atoms with Gasteiger partial charge in [0.25, 0.3) is 0 Å². The highest BCUT2D eigenvalue weighted by atomic mass is 16.4. The van der Waals surface area contributed by atoms with Crippen molar-refractivity contribution >= 4 is 11.9 Å². The Balaban J connectivity index is 2.29. The zero-order chi connectivity index (χ0) is 19.3. The molecule has 0 spiro atoms. The summed E-state index contributed by atoms with van der Waals surface area (Å²) in [5.41, 5.74) is 1.17. The molecule has 0 aromatic heterocycles. The van der Waals surface area contributed by atoms with Crippen LogP contribution in [0.15, 0.2) is 91.0 Å². The lowest BCUT2D eigenvalue weighted by Gasteiger charge is -2.35. The van der Waals surface area contributed by atoms with Gasteiger partial charge in [-0.3, -0.25) is 9.59 Å². The van der Waals surface area contributed by atoms with Crippen molar-refractivity contribution in [2.24, 2.45) is 0 Å². The third-order valence-corrected chi connectivity index (χ3v) is 4.68. The molecule has 0 saturated heterocycles. The van der Waals surface area contributed by atoms with Gasteiger partial charge in [-0.15, -0.1) is 0 Å². The molecule has 4 nitrogen and oxygen atoms in total. The van der Waals surface area contributed by atoms with Crippen LogP contribution in [0.25, 0.3) is 0 Å². The molecule has 27 heavy (non-hydrogen) atoms. The van der Waals surface area contributed by atoms with E-state index in [-0.39, 0.29) is 5.91 Å². The first-order valence-electron chi connectivity index (χ1n) is 8.77. The summed E-state index contributed by atoms with van der Waals surface area (Å²) in [4.78, 5) is 25.0. The van der Waals surface area contributed by atoms with Gasteiger partial charge in [-0.1, -0.05) is 91.0 Å². The molecule has 0 bridgehead atoms. The molecule has 0 saturated carbocycles. The van der Waals surface area contributed by atoms with Crippen molar-refractivity contribution in [3.8, 4) is 0 Å². The Bertz CT molecular complexity index is 811. The number of hydrogen-bond acceptors (Lipinski definition) is 2. The van der Waals surface area contributed by atoms with Gasteiger partial charge >= 0.3 is 5.97 Å². The van der Waals surface area contributed by atoms with Gasteiger partial charge in [-0.2, -0.15) is 0 Å². The minimum absolute atomic E-state index is 0.374. The van der Waals surface area contributed by atoms with Crippen molar-refractivity contribution in [2.75, 3.05) is 0 Å². The second kappa shape index (κ2) is 7.87. The lowest BCUT2D eigenvalue weighted by molar-refractivity contribution is -0.141. The van der Waals surface area contributed by atoms with Crippen LogP contribution in [0.1, 0.15) is 23.6 Å². The second-order valence-corrected chi connectivity index (χ2v) is 6.38. The first kappa shape index (κ1) is 18.4. The highest BCUT2D eigenvalue weighted by Gasteiger charge is 2.44. The molecule has 0 fully saturated rings. The van der Waals surface area contributed by atoms with E-state index < -0.39 is 17.4 Å². The zero-order valence-electron chi connectivity index (χ0n) is 15.0. The number of carboxylic acids is 1. The maximum absolute atomic E-state index is 13.6. The van der Waals surface area contributed by atoms with E-state index >= 15 is 0 Å². The maximum Gasteiger partial charge on any atom is 0.325 e. The van der Waals surface area contributed by atoms with Gasteiger partial charge in [0, 0.05) is 0 Å². The third-order valence-electron chi connectivity index (χ3n) is 4.68. The minimum Gasteiger partial charge on any atom is -0.480 e. The van der Waals surface area contributed by atoms with Crippen LogP contribution in [0.3, 0.4) is 0 Å². The number of carboxylic acid groups (broad SMARTS) is 1. The fourth-order valence-electron chi connectivity index (χ4n) is 3.32. The summed E-state index contributed by atoms with van der Waals surface area (Å²) in [7, 11) is 0. The van der Waals surface area contributed by atoms with E-state index in [0.29, 0.717) is 0 Å². The van der Waals surface area contributed by atoms with Gasteiger partial charge in [-0.05, 0) is 23.6 Å². The molecule has 2 N–H and O–H groups in total. The Morgan fingerprint density at radius 2 is 1.07 bits per heavy atom. The van der Waals surface area contributed by atoms with Crippen molar-refractivity contribution in [1.82, 2.24) is 5.32 Å². The second-order valence-electron chi connectivity index (χ2n) is 6.38. The van der Waals surface area contributed by atoms with Crippen molar-refractivity contribution in [2.45, 2.75) is 18.4 Å². The Morgan fingerprint density at radius 1 is 0.741 bits per heavy atom. The molecule has 136 valence electrons. The van der Waals surface area contributed by atoms with Crippen LogP contribution in [0.4, 0.5) is 0 Å². The molecule has 0 heterocycles. The molecule has 4 heteroatoms. The summed E-state index contributed by atoms with van der Waals surface area (Å²) in [6.45, 7) is 1.46. The largest absolute Gasteiger partial charge is 0.480 e. The number of hydrogen-bond donors (Lipinski definition) is 2. The molecule has 3 rings (SSSR count). The van der Waals surface area contributed by atoms with E-state index in [1.807, 2.05) is 91.0 Å². The monoisotopic (exact) mass is 359 g/mol. The number of carbonyl (C=O) groups excluding carboxylic acids is 1. The first-order valence-corrected chi connectivity index (χ1v) is 8.77. The molecule has 0 aliphatic carbocycles. The molecular weight excluding hydrogens is 338 g/mol. The number of rotatable bonds is 6. The smallest absolute Gasteiger partial charge is 0.325 e. The fourth-order valence-corrected chi connectivity index (χ4v) is 3.32. The van der Waals surface area contributed by atoms with E-state index in [1.165, 1.54) is 6.92 Å². The summed E-state index contributed by atoms with van der Waals surface area (Å²) in [6, 6.07) is 27.3. The van der Waals surface area contributed by atoms with Crippen LogP contribution in [-0.4, -0.2) is 23.0 Å². The minimum atomic E-state index is -1.16. The molecule has 0 aliphatic heterocycles. The van der Waals surface area contributed by atoms with E-state index in [9.17, 15) is 14.7 Å². The van der Waals surface area contributed by atoms with Gasteiger partial charge < -0.3 is 10.4 Å². The van der Waals surface area contributed by atoms with Crippen molar-refractivity contribution in [1.29, 1.82) is 0 Å². The van der Waals surface area contributed by atoms with Gasteiger partial charge in [0.05, 0.1) is 0 Å². The standard InChI is InChI=1S/C23H21NO3/c1-17(21(25)26)24-22(27)23(18-11-5-2-6-12-18,19-13-7-3-8-14-19)20-15-9-4-10-16-20/h2-17H,1H3,(H,24,27)(H,25,26)/t17-/m0/s1. The normalized spacial score (nSPS) is 12.2. The first-order chi connectivity index (χ1) is 13.1. The Hall–Kier alpha value is -3.40. The van der Waals surface area contributed by atoms with Crippen molar-refractivity contribution in [3.63, 3.8) is 0 Å². The van der Waals surface area contributed by atoms with Gasteiger partial charge in [-0.25, -0.2) is 0 Å². The van der Waals surface area contributed by atoms with Gasteiger partial charge in [0.15, 0.2) is 0 Å². The molecule has 0 aliphatic rings. The SMILES string of the molecule is C[C@H](NC(=O)C(c1ccccc1)(c1ccccc1)c1ccccc1)C(=O)O. The average Bonchev–Trinajstić information content (AvgIpc) is 2.71. The van der Waals surface area contributed by atoms with Crippen molar-refractivity contribution in [3.05, 3.63) is 108 Å². The molecule has 0 radical (unpaired) electrons. The van der Waals surface area contributed by atoms with Crippen LogP contribution in [-0.2, 0) is 15.0 Å². The van der Waals surface area contributed by atoms with Gasteiger partial charge in [0.2, 0.25) is 5.91 Å². The third kappa shape index (κ3) is 3.47. The molecule has 1 atom stereocenters. The fraction of sp³-hybridized carbons (Fsp3) is 0.130. The van der Waals surface area contributed by atoms with Crippen LogP contribution in [0, 0.1) is 0 Å². The quantitative estimate of drug-likeness (QED) is 0.661. The number of nitrogens with one attached hydrogen (secondary N) is 1. The summed E-state index contributed by atoms with van der Waals surface area (Å²) in [5.74, 6) is -1.45. The van der Waals surface area contributed by atoms with Crippen molar-refractivity contribution < 1.29 is 14.7 Å². The van der Waals surface area contributed by atoms with E-state index in [4.69, 9.17) is 0 Å². The van der Waals surface area contributed by atoms with Crippen LogP contribution in [0.5, 0.6) is 0 Å². The molecule has 0 unspecified atom stereocenters. The highest BCUT2D eigenvalue weighted by Crippen LogP contribution is 2.39. The summed E-state index contributed by atoms with van der Waals surface area (Å²) in [6.07, 6.45) is 0. The Kier molecular flexibility index (Phi) is 5.36. The maximum atomic E-state index is 13.6. The Labute approximate surface area is 158 Å². The molecule has 1 amide bonds. The number of amides is 1. The molecule has 3 aromatic rings. The zero-order valence-corrected chi connectivity index (χ0v) is 15.0. The van der Waals surface area contributed by atoms with E-state index in [0.717, 1.165) is 16.7 Å². The summed E-state index contributed by atoms with van der Waals surface area (Å²) in [5, 5.41) is 12.0. The van der Waals surface area contributed by atoms with Gasteiger partial charge in [0.1, 0.15) is 11.5 Å². The predicted octanol–water partition coefficient (Wildman–Crippen LogP) is 3.61. The highest BCUT2D eigenvalue weighted by molar-refractivity contribution is 5.98. The molecule has 3 aromatic carbocycles. The lowest BCUT2D eigenvalue weighted by atomic mass is 9.68. The lowest BCUT2D eigenvalue weighted by Crippen LogP contribution is -2.51. The topological polar surface area (TPSA) is 66.4 Å². The van der Waals surface area contributed by atoms with E-state index in [1.54, 1.807) is 0 Å². The van der Waals surface area contributed by atoms with Crippen LogP contribution >= 0.6 is 0 Å². The summed E-state index contributed by atoms with van der Waals surface area (Å²) < 4.78 is 0. The average molecular weight is 359 g/mol. The van der Waals surface area contributed by atoms with Crippen LogP contribution < -0.4 is 5.32 Å². The Morgan fingerprint density at radius 3 is 1.37 bits per heavy atom. The number of benzene rings is 3. The predicted molar refractivity (Wildman–Crippen MR) is 104 cm³/mol. The number of carbonyl (C=O) groups is 2. The van der Waals surface area contributed by atoms with E-state index in [2.05, 4.69) is 5.32 Å².